The van der Waals surface area contributed by atoms with E-state index in [1.165, 1.54) is 0 Å². The van der Waals surface area contributed by atoms with Gasteiger partial charge in [0.2, 0.25) is 0 Å². The molecule has 0 amide bonds. The number of nitrogen functional groups attached to an aromatic ring is 1. The largest absolute Gasteiger partial charge is 0.399 e. The van der Waals surface area contributed by atoms with Crippen LogP contribution in [0.1, 0.15) is 27.8 Å². The molecule has 3 rings (SSSR count). The van der Waals surface area contributed by atoms with Crippen LogP contribution in [-0.2, 0) is 0 Å². The first-order chi connectivity index (χ1) is 12.2. The summed E-state index contributed by atoms with van der Waals surface area (Å²) in [6.07, 6.45) is 0. The minimum absolute atomic E-state index is 0.634. The second-order valence-electron chi connectivity index (χ2n) is 5.39. The van der Waals surface area contributed by atoms with Crippen molar-refractivity contribution in [2.45, 2.75) is 0 Å². The summed E-state index contributed by atoms with van der Waals surface area (Å²) in [4.78, 5) is 0. The zero-order valence-electron chi connectivity index (χ0n) is 13.5. The highest BCUT2D eigenvalue weighted by atomic mass is 14.5. The smallest absolute Gasteiger partial charge is 0.0991 e. The van der Waals surface area contributed by atoms with Gasteiger partial charge >= 0.3 is 0 Å². The zero-order valence-corrected chi connectivity index (χ0v) is 13.5. The minimum atomic E-state index is 0.634. The van der Waals surface area contributed by atoms with Crippen LogP contribution in [0.5, 0.6) is 0 Å². The quantitative estimate of drug-likeness (QED) is 0.504. The molecule has 0 aromatic heterocycles. The lowest BCUT2D eigenvalue weighted by atomic mass is 10.1. The van der Waals surface area contributed by atoms with Crippen LogP contribution in [0.15, 0.2) is 72.8 Å². The molecule has 0 fully saturated rings. The van der Waals surface area contributed by atoms with Gasteiger partial charge in [-0.2, -0.15) is 5.26 Å². The van der Waals surface area contributed by atoms with Gasteiger partial charge in [-0.25, -0.2) is 0 Å². The molecule has 2 heteroatoms. The first-order valence-electron chi connectivity index (χ1n) is 7.73. The monoisotopic (exact) mass is 318 g/mol. The highest BCUT2D eigenvalue weighted by Crippen LogP contribution is 2.06. The average Bonchev–Trinajstić information content (AvgIpc) is 2.67. The molecular formula is C23H14N2. The van der Waals surface area contributed by atoms with Crippen molar-refractivity contribution in [3.63, 3.8) is 0 Å². The summed E-state index contributed by atoms with van der Waals surface area (Å²) in [5.41, 5.74) is 10.7. The fourth-order valence-corrected chi connectivity index (χ4v) is 2.12. The fourth-order valence-electron chi connectivity index (χ4n) is 2.12. The third kappa shape index (κ3) is 4.52. The van der Waals surface area contributed by atoms with Crippen LogP contribution in [0.3, 0.4) is 0 Å². The first kappa shape index (κ1) is 15.9. The van der Waals surface area contributed by atoms with E-state index >= 15 is 0 Å². The predicted molar refractivity (Wildman–Crippen MR) is 100 cm³/mol. The molecule has 0 saturated carbocycles. The summed E-state index contributed by atoms with van der Waals surface area (Å²) in [5, 5.41) is 8.79. The molecule has 2 nitrogen and oxygen atoms in total. The van der Waals surface area contributed by atoms with E-state index in [1.807, 2.05) is 60.7 Å². The lowest BCUT2D eigenvalue weighted by Crippen LogP contribution is -1.83. The number of nitrogens with two attached hydrogens (primary N) is 1. The number of nitrogens with zero attached hydrogens (tertiary/aromatic N) is 1. The molecule has 0 radical (unpaired) electrons. The molecule has 2 N–H and O–H groups in total. The molecule has 25 heavy (non-hydrogen) atoms. The number of hydrogen-bond acceptors (Lipinski definition) is 2. The summed E-state index contributed by atoms with van der Waals surface area (Å²) in [6, 6.07) is 24.6. The average molecular weight is 318 g/mol. The molecule has 0 unspecified atom stereocenters. The van der Waals surface area contributed by atoms with Crippen molar-refractivity contribution in [3.8, 4) is 29.8 Å². The lowest BCUT2D eigenvalue weighted by molar-refractivity contribution is 1.48. The van der Waals surface area contributed by atoms with Crippen LogP contribution < -0.4 is 5.73 Å². The van der Waals surface area contributed by atoms with E-state index in [9.17, 15) is 0 Å². The van der Waals surface area contributed by atoms with Crippen molar-refractivity contribution in [2.75, 3.05) is 5.73 Å². The summed E-state index contributed by atoms with van der Waals surface area (Å²) >= 11 is 0. The van der Waals surface area contributed by atoms with Gasteiger partial charge in [0.05, 0.1) is 11.6 Å². The normalized spacial score (nSPS) is 9.08. The SMILES string of the molecule is N#Cc1ccc(C#Cc2ccc(C#Cc3ccc(N)cc3)cc2)cc1. The Bertz CT molecular complexity index is 1030. The maximum atomic E-state index is 8.79. The van der Waals surface area contributed by atoms with Gasteiger partial charge in [-0.05, 0) is 72.8 Å². The van der Waals surface area contributed by atoms with E-state index in [2.05, 4.69) is 29.8 Å². The molecule has 0 spiro atoms. The Morgan fingerprint density at radius 1 is 0.480 bits per heavy atom. The maximum Gasteiger partial charge on any atom is 0.0991 e. The third-order valence-corrected chi connectivity index (χ3v) is 3.51. The van der Waals surface area contributed by atoms with E-state index in [-0.39, 0.29) is 0 Å². The van der Waals surface area contributed by atoms with E-state index in [1.54, 1.807) is 12.1 Å². The van der Waals surface area contributed by atoms with Crippen molar-refractivity contribution in [1.29, 1.82) is 5.26 Å². The van der Waals surface area contributed by atoms with E-state index < -0.39 is 0 Å². The molecule has 0 aliphatic heterocycles. The minimum Gasteiger partial charge on any atom is -0.399 e. The summed E-state index contributed by atoms with van der Waals surface area (Å²) in [7, 11) is 0. The maximum absolute atomic E-state index is 8.79. The molecule has 3 aromatic carbocycles. The number of anilines is 1. The molecular weight excluding hydrogens is 304 g/mol. The van der Waals surface area contributed by atoms with E-state index in [0.717, 1.165) is 27.9 Å². The van der Waals surface area contributed by atoms with Gasteiger partial charge in [-0.15, -0.1) is 0 Å². The molecule has 0 atom stereocenters. The van der Waals surface area contributed by atoms with E-state index in [0.29, 0.717) is 5.56 Å². The number of nitriles is 1. The number of rotatable bonds is 0. The Morgan fingerprint density at radius 2 is 0.760 bits per heavy atom. The molecule has 3 aromatic rings. The second kappa shape index (κ2) is 7.56. The Labute approximate surface area is 147 Å². The van der Waals surface area contributed by atoms with Gasteiger partial charge in [0.1, 0.15) is 0 Å². The fraction of sp³-hybridized carbons (Fsp3) is 0. The molecule has 0 aliphatic rings. The second-order valence-corrected chi connectivity index (χ2v) is 5.39. The molecule has 0 saturated heterocycles. The van der Waals surface area contributed by atoms with Crippen LogP contribution in [0.4, 0.5) is 5.69 Å². The van der Waals surface area contributed by atoms with Gasteiger partial charge in [0, 0.05) is 27.9 Å². The number of hydrogen-bond donors (Lipinski definition) is 1. The Kier molecular flexibility index (Phi) is 4.82. The lowest BCUT2D eigenvalue weighted by Gasteiger charge is -1.94. The predicted octanol–water partition coefficient (Wildman–Crippen LogP) is 3.94. The molecule has 0 bridgehead atoms. The van der Waals surface area contributed by atoms with Crippen LogP contribution in [-0.4, -0.2) is 0 Å². The van der Waals surface area contributed by atoms with E-state index in [4.69, 9.17) is 11.0 Å². The van der Waals surface area contributed by atoms with Gasteiger partial charge in [0.15, 0.2) is 0 Å². The zero-order chi connectivity index (χ0) is 17.5. The van der Waals surface area contributed by atoms with Crippen molar-refractivity contribution in [2.24, 2.45) is 0 Å². The summed E-state index contributed by atoms with van der Waals surface area (Å²) in [5.74, 6) is 12.4. The van der Waals surface area contributed by atoms with Gasteiger partial charge in [0.25, 0.3) is 0 Å². The highest BCUT2D eigenvalue weighted by Gasteiger charge is 1.92. The van der Waals surface area contributed by atoms with Gasteiger partial charge in [-0.1, -0.05) is 23.7 Å². The van der Waals surface area contributed by atoms with Crippen molar-refractivity contribution in [3.05, 3.63) is 101 Å². The Balaban J connectivity index is 1.71. The molecule has 0 heterocycles. The van der Waals surface area contributed by atoms with Crippen LogP contribution >= 0.6 is 0 Å². The molecule has 116 valence electrons. The number of benzene rings is 3. The van der Waals surface area contributed by atoms with Gasteiger partial charge < -0.3 is 5.73 Å². The van der Waals surface area contributed by atoms with Crippen LogP contribution in [0.2, 0.25) is 0 Å². The standard InChI is InChI=1S/C23H14N2/c24-17-22-11-9-20(10-12-22)6-5-18-1-3-19(4-2-18)7-8-21-13-15-23(25)16-14-21/h1-4,9-16H,25H2. The first-order valence-corrected chi connectivity index (χ1v) is 7.73. The van der Waals surface area contributed by atoms with Crippen molar-refractivity contribution in [1.82, 2.24) is 0 Å². The van der Waals surface area contributed by atoms with Crippen molar-refractivity contribution < 1.29 is 0 Å². The topological polar surface area (TPSA) is 49.8 Å². The third-order valence-electron chi connectivity index (χ3n) is 3.51. The molecule has 0 aliphatic carbocycles. The summed E-state index contributed by atoms with van der Waals surface area (Å²) < 4.78 is 0. The Morgan fingerprint density at radius 3 is 1.08 bits per heavy atom. The highest BCUT2D eigenvalue weighted by molar-refractivity contribution is 5.50. The van der Waals surface area contributed by atoms with Gasteiger partial charge in [-0.3, -0.25) is 0 Å². The summed E-state index contributed by atoms with van der Waals surface area (Å²) in [6.45, 7) is 0. The Hall–Kier alpha value is -3.93. The van der Waals surface area contributed by atoms with Crippen LogP contribution in [0, 0.1) is 35.0 Å². The van der Waals surface area contributed by atoms with Crippen LogP contribution in [0.25, 0.3) is 0 Å². The van der Waals surface area contributed by atoms with Crippen molar-refractivity contribution >= 4 is 5.69 Å².